The molecule has 0 aromatic heterocycles. The van der Waals surface area contributed by atoms with Crippen LogP contribution in [0.3, 0.4) is 0 Å². The highest BCUT2D eigenvalue weighted by Crippen LogP contribution is 2.21. The molecule has 1 aromatic rings. The van der Waals surface area contributed by atoms with E-state index in [4.69, 9.17) is 5.73 Å². The average molecular weight is 256 g/mol. The molecule has 0 amide bonds. The molecule has 2 N–H and O–H groups in total. The molecule has 0 aliphatic heterocycles. The topological polar surface area (TPSA) is 63.4 Å². The lowest BCUT2D eigenvalue weighted by atomic mass is 10.2. The zero-order valence-electron chi connectivity index (χ0n) is 10.6. The van der Waals surface area contributed by atoms with Crippen molar-refractivity contribution in [1.29, 1.82) is 0 Å². The minimum absolute atomic E-state index is 0.0594. The van der Waals surface area contributed by atoms with Crippen molar-refractivity contribution in [2.24, 2.45) is 5.73 Å². The second-order valence-electron chi connectivity index (χ2n) is 4.11. The number of sulfonamides is 1. The zero-order chi connectivity index (χ0) is 13.1. The Balaban J connectivity index is 3.30. The molecule has 0 aliphatic carbocycles. The van der Waals surface area contributed by atoms with Gasteiger partial charge in [-0.15, -0.1) is 0 Å². The molecule has 0 radical (unpaired) electrons. The van der Waals surface area contributed by atoms with Gasteiger partial charge < -0.3 is 5.73 Å². The van der Waals surface area contributed by atoms with Crippen LogP contribution in [0.25, 0.3) is 0 Å². The van der Waals surface area contributed by atoms with Crippen molar-refractivity contribution in [2.45, 2.75) is 38.3 Å². The van der Waals surface area contributed by atoms with Crippen LogP contribution in [0, 0.1) is 0 Å². The molecule has 5 heteroatoms. The average Bonchev–Trinajstić information content (AvgIpc) is 2.29. The summed E-state index contributed by atoms with van der Waals surface area (Å²) < 4.78 is 26.4. The van der Waals surface area contributed by atoms with Crippen molar-refractivity contribution in [3.8, 4) is 0 Å². The summed E-state index contributed by atoms with van der Waals surface area (Å²) in [6, 6.07) is 6.83. The second kappa shape index (κ2) is 5.62. The second-order valence-corrected chi connectivity index (χ2v) is 5.97. The predicted octanol–water partition coefficient (Wildman–Crippen LogP) is 1.56. The minimum atomic E-state index is -3.44. The van der Waals surface area contributed by atoms with Crippen LogP contribution < -0.4 is 5.73 Å². The summed E-state index contributed by atoms with van der Waals surface area (Å²) in [5, 5.41) is 0. The lowest BCUT2D eigenvalue weighted by Crippen LogP contribution is -2.37. The molecule has 0 aliphatic rings. The molecular formula is C12H20N2O2S. The molecule has 96 valence electrons. The third kappa shape index (κ3) is 2.86. The number of hydrogen-bond acceptors (Lipinski definition) is 3. The SMILES string of the molecule is CCN(C(C)C)S(=O)(=O)c1ccccc1CN. The quantitative estimate of drug-likeness (QED) is 0.869. The van der Waals surface area contributed by atoms with Gasteiger partial charge in [-0.05, 0) is 25.5 Å². The van der Waals surface area contributed by atoms with Crippen LogP contribution in [-0.2, 0) is 16.6 Å². The zero-order valence-corrected chi connectivity index (χ0v) is 11.4. The fraction of sp³-hybridized carbons (Fsp3) is 0.500. The Kier molecular flexibility index (Phi) is 4.68. The van der Waals surface area contributed by atoms with Crippen LogP contribution in [-0.4, -0.2) is 25.3 Å². The van der Waals surface area contributed by atoms with E-state index in [1.807, 2.05) is 20.8 Å². The molecule has 0 bridgehead atoms. The molecule has 0 saturated heterocycles. The first-order valence-corrected chi connectivity index (χ1v) is 7.19. The molecular weight excluding hydrogens is 236 g/mol. The van der Waals surface area contributed by atoms with Gasteiger partial charge in [0.2, 0.25) is 10.0 Å². The van der Waals surface area contributed by atoms with E-state index >= 15 is 0 Å². The van der Waals surface area contributed by atoms with E-state index < -0.39 is 10.0 Å². The molecule has 0 atom stereocenters. The maximum absolute atomic E-state index is 12.5. The fourth-order valence-electron chi connectivity index (χ4n) is 1.86. The number of rotatable bonds is 5. The first-order valence-electron chi connectivity index (χ1n) is 5.75. The summed E-state index contributed by atoms with van der Waals surface area (Å²) in [6.45, 7) is 6.25. The van der Waals surface area contributed by atoms with Gasteiger partial charge in [-0.2, -0.15) is 4.31 Å². The first-order chi connectivity index (χ1) is 7.95. The van der Waals surface area contributed by atoms with Gasteiger partial charge in [-0.25, -0.2) is 8.42 Å². The van der Waals surface area contributed by atoms with E-state index in [1.165, 1.54) is 4.31 Å². The molecule has 4 nitrogen and oxygen atoms in total. The van der Waals surface area contributed by atoms with Gasteiger partial charge in [0.1, 0.15) is 0 Å². The molecule has 1 aromatic carbocycles. The van der Waals surface area contributed by atoms with E-state index in [0.29, 0.717) is 17.0 Å². The Labute approximate surface area is 103 Å². The van der Waals surface area contributed by atoms with E-state index in [9.17, 15) is 8.42 Å². The summed E-state index contributed by atoms with van der Waals surface area (Å²) >= 11 is 0. The van der Waals surface area contributed by atoms with Gasteiger partial charge in [0.25, 0.3) is 0 Å². The Morgan fingerprint density at radius 1 is 1.29 bits per heavy atom. The van der Waals surface area contributed by atoms with Gasteiger partial charge in [0.15, 0.2) is 0 Å². The van der Waals surface area contributed by atoms with Crippen molar-refractivity contribution >= 4 is 10.0 Å². The van der Waals surface area contributed by atoms with E-state index in [2.05, 4.69) is 0 Å². The molecule has 0 heterocycles. The van der Waals surface area contributed by atoms with Gasteiger partial charge in [0.05, 0.1) is 4.90 Å². The third-order valence-electron chi connectivity index (χ3n) is 2.67. The first kappa shape index (κ1) is 14.2. The van der Waals surface area contributed by atoms with E-state index in [1.54, 1.807) is 24.3 Å². The number of nitrogens with zero attached hydrogens (tertiary/aromatic N) is 1. The van der Waals surface area contributed by atoms with Crippen LogP contribution in [0.15, 0.2) is 29.2 Å². The van der Waals surface area contributed by atoms with Gasteiger partial charge in [0, 0.05) is 19.1 Å². The van der Waals surface area contributed by atoms with Crippen molar-refractivity contribution in [3.05, 3.63) is 29.8 Å². The lowest BCUT2D eigenvalue weighted by Gasteiger charge is -2.25. The van der Waals surface area contributed by atoms with Crippen LogP contribution in [0.1, 0.15) is 26.3 Å². The lowest BCUT2D eigenvalue weighted by molar-refractivity contribution is 0.369. The van der Waals surface area contributed by atoms with Crippen LogP contribution in [0.5, 0.6) is 0 Å². The highest BCUT2D eigenvalue weighted by molar-refractivity contribution is 7.89. The molecule has 1 rings (SSSR count). The Morgan fingerprint density at radius 2 is 1.88 bits per heavy atom. The molecule has 0 spiro atoms. The van der Waals surface area contributed by atoms with Crippen LogP contribution >= 0.6 is 0 Å². The van der Waals surface area contributed by atoms with E-state index in [-0.39, 0.29) is 12.6 Å². The van der Waals surface area contributed by atoms with E-state index in [0.717, 1.165) is 0 Å². The van der Waals surface area contributed by atoms with Crippen molar-refractivity contribution in [1.82, 2.24) is 4.31 Å². The highest BCUT2D eigenvalue weighted by atomic mass is 32.2. The minimum Gasteiger partial charge on any atom is -0.326 e. The number of benzene rings is 1. The predicted molar refractivity (Wildman–Crippen MR) is 69.0 cm³/mol. The normalized spacial score (nSPS) is 12.4. The number of nitrogens with two attached hydrogens (primary N) is 1. The van der Waals surface area contributed by atoms with Gasteiger partial charge in [-0.1, -0.05) is 25.1 Å². The maximum Gasteiger partial charge on any atom is 0.243 e. The summed E-state index contributed by atoms with van der Waals surface area (Å²) in [5.41, 5.74) is 6.24. The molecule has 0 fully saturated rings. The summed E-state index contributed by atoms with van der Waals surface area (Å²) in [7, 11) is -3.44. The Bertz CT molecular complexity index is 469. The third-order valence-corrected chi connectivity index (χ3v) is 4.92. The monoisotopic (exact) mass is 256 g/mol. The van der Waals surface area contributed by atoms with Gasteiger partial charge >= 0.3 is 0 Å². The Morgan fingerprint density at radius 3 is 2.35 bits per heavy atom. The smallest absolute Gasteiger partial charge is 0.243 e. The highest BCUT2D eigenvalue weighted by Gasteiger charge is 2.26. The van der Waals surface area contributed by atoms with Crippen molar-refractivity contribution in [2.75, 3.05) is 6.54 Å². The molecule has 17 heavy (non-hydrogen) atoms. The maximum atomic E-state index is 12.5. The summed E-state index contributed by atoms with van der Waals surface area (Å²) in [4.78, 5) is 0.318. The largest absolute Gasteiger partial charge is 0.326 e. The Hall–Kier alpha value is -0.910. The standard InChI is InChI=1S/C12H20N2O2S/c1-4-14(10(2)3)17(15,16)12-8-6-5-7-11(12)9-13/h5-8,10H,4,9,13H2,1-3H3. The molecule has 0 unspecified atom stereocenters. The van der Waals surface area contributed by atoms with Crippen LogP contribution in [0.2, 0.25) is 0 Å². The van der Waals surface area contributed by atoms with Gasteiger partial charge in [-0.3, -0.25) is 0 Å². The van der Waals surface area contributed by atoms with Crippen LogP contribution in [0.4, 0.5) is 0 Å². The number of hydrogen-bond donors (Lipinski definition) is 1. The van der Waals surface area contributed by atoms with Crippen molar-refractivity contribution < 1.29 is 8.42 Å². The fourth-order valence-corrected chi connectivity index (χ4v) is 3.74. The summed E-state index contributed by atoms with van der Waals surface area (Å²) in [5.74, 6) is 0. The molecule has 0 saturated carbocycles. The van der Waals surface area contributed by atoms with Crippen molar-refractivity contribution in [3.63, 3.8) is 0 Å². The summed E-state index contributed by atoms with van der Waals surface area (Å²) in [6.07, 6.45) is 0.